The van der Waals surface area contributed by atoms with Gasteiger partial charge in [0.05, 0.1) is 0 Å². The highest BCUT2D eigenvalue weighted by Crippen LogP contribution is 2.38. The van der Waals surface area contributed by atoms with Crippen molar-refractivity contribution in [1.82, 2.24) is 24.5 Å². The van der Waals surface area contributed by atoms with Gasteiger partial charge in [0.15, 0.2) is 0 Å². The number of halogens is 3. The molecule has 2 aromatic heterocycles. The van der Waals surface area contributed by atoms with E-state index in [9.17, 15) is 13.2 Å². The van der Waals surface area contributed by atoms with Gasteiger partial charge in [-0.15, -0.1) is 5.10 Å². The van der Waals surface area contributed by atoms with Gasteiger partial charge in [0.25, 0.3) is 11.6 Å². The van der Waals surface area contributed by atoms with E-state index in [1.54, 1.807) is 13.0 Å². The highest BCUT2D eigenvalue weighted by molar-refractivity contribution is 5.45. The maximum Gasteiger partial charge on any atom is 0.453 e. The monoisotopic (exact) mass is 356 g/mol. The number of nitrogens with zero attached hydrogens (tertiary/aromatic N) is 5. The van der Waals surface area contributed by atoms with Crippen LogP contribution in [0.4, 0.5) is 19.0 Å². The third-order valence-electron chi connectivity index (χ3n) is 4.65. The lowest BCUT2D eigenvalue weighted by molar-refractivity contribution is -0.144. The van der Waals surface area contributed by atoms with Crippen molar-refractivity contribution in [2.75, 3.05) is 32.5 Å². The maximum absolute atomic E-state index is 12.9. The molecule has 0 amide bonds. The smallest absolute Gasteiger partial charge is 0.369 e. The molecule has 9 heteroatoms. The fourth-order valence-corrected chi connectivity index (χ4v) is 3.70. The minimum Gasteiger partial charge on any atom is -0.369 e. The summed E-state index contributed by atoms with van der Waals surface area (Å²) >= 11 is 0. The number of anilines is 1. The zero-order valence-electron chi connectivity index (χ0n) is 14.7. The average Bonchev–Trinajstić information content (AvgIpc) is 3.10. The van der Waals surface area contributed by atoms with Crippen LogP contribution < -0.4 is 5.32 Å². The lowest BCUT2D eigenvalue weighted by Gasteiger charge is -2.32. The first kappa shape index (κ1) is 17.9. The molecule has 138 valence electrons. The number of alkyl halides is 3. The topological polar surface area (TPSA) is 58.4 Å². The Kier molecular flexibility index (Phi) is 4.61. The summed E-state index contributed by atoms with van der Waals surface area (Å²) < 4.78 is 39.9. The highest BCUT2D eigenvalue weighted by Gasteiger charge is 2.37. The molecule has 0 saturated heterocycles. The Hall–Kier alpha value is -1.90. The predicted octanol–water partition coefficient (Wildman–Crippen LogP) is 2.99. The van der Waals surface area contributed by atoms with Crippen molar-refractivity contribution >= 4 is 11.6 Å². The molecular formula is C16H23F3N6. The summed E-state index contributed by atoms with van der Waals surface area (Å²) in [6.07, 6.45) is -0.00668. The van der Waals surface area contributed by atoms with Crippen LogP contribution in [0.2, 0.25) is 0 Å². The number of aromatic nitrogens is 4. The molecule has 1 aliphatic rings. The molecule has 1 fully saturated rings. The molecule has 25 heavy (non-hydrogen) atoms. The first-order valence-corrected chi connectivity index (χ1v) is 8.39. The summed E-state index contributed by atoms with van der Waals surface area (Å²) in [7, 11) is 4.09. The van der Waals surface area contributed by atoms with E-state index >= 15 is 0 Å². The zero-order chi connectivity index (χ0) is 18.2. The van der Waals surface area contributed by atoms with Crippen molar-refractivity contribution in [2.24, 2.45) is 5.41 Å². The van der Waals surface area contributed by atoms with Gasteiger partial charge in [-0.05, 0) is 33.9 Å². The summed E-state index contributed by atoms with van der Waals surface area (Å²) in [4.78, 5) is 9.74. The third-order valence-corrected chi connectivity index (χ3v) is 4.65. The van der Waals surface area contributed by atoms with Gasteiger partial charge in [0, 0.05) is 30.3 Å². The lowest BCUT2D eigenvalue weighted by atomic mass is 9.85. The highest BCUT2D eigenvalue weighted by atomic mass is 19.4. The van der Waals surface area contributed by atoms with Gasteiger partial charge in [-0.1, -0.05) is 12.8 Å². The van der Waals surface area contributed by atoms with Crippen LogP contribution in [0.5, 0.6) is 0 Å². The Labute approximate surface area is 144 Å². The summed E-state index contributed by atoms with van der Waals surface area (Å²) in [6, 6.07) is 1.71. The Bertz CT molecular complexity index is 746. The quantitative estimate of drug-likeness (QED) is 0.893. The zero-order valence-corrected chi connectivity index (χ0v) is 14.7. The Balaban J connectivity index is 1.89. The van der Waals surface area contributed by atoms with Crippen molar-refractivity contribution in [3.63, 3.8) is 0 Å². The first-order chi connectivity index (χ1) is 11.7. The van der Waals surface area contributed by atoms with E-state index in [1.165, 1.54) is 12.8 Å². The second kappa shape index (κ2) is 6.44. The molecule has 6 nitrogen and oxygen atoms in total. The largest absolute Gasteiger partial charge is 0.453 e. The van der Waals surface area contributed by atoms with Gasteiger partial charge in [-0.25, -0.2) is 4.98 Å². The summed E-state index contributed by atoms with van der Waals surface area (Å²) in [5.74, 6) is -0.712. The molecule has 0 aliphatic heterocycles. The van der Waals surface area contributed by atoms with E-state index in [2.05, 4.69) is 25.3 Å². The maximum atomic E-state index is 12.9. The standard InChI is InChI=1S/C16H23F3N6/c1-11-8-12(20-9-15(10-24(2)3)6-4-5-7-15)25-14(21-11)22-13(23-25)16(17,18)19/h8,20H,4-7,9-10H2,1-3H3. The second-order valence-corrected chi connectivity index (χ2v) is 7.23. The molecule has 0 atom stereocenters. The SMILES string of the molecule is Cc1cc(NCC2(CN(C)C)CCCC2)n2nc(C(F)(F)F)nc2n1. The van der Waals surface area contributed by atoms with E-state index in [1.807, 2.05) is 14.1 Å². The molecule has 1 aliphatic carbocycles. The molecule has 0 unspecified atom stereocenters. The number of hydrogen-bond donors (Lipinski definition) is 1. The molecule has 0 aromatic carbocycles. The van der Waals surface area contributed by atoms with Gasteiger partial charge in [-0.3, -0.25) is 0 Å². The van der Waals surface area contributed by atoms with Crippen LogP contribution in [0.25, 0.3) is 5.78 Å². The van der Waals surface area contributed by atoms with Crippen molar-refractivity contribution in [3.8, 4) is 0 Å². The number of nitrogens with one attached hydrogen (secondary N) is 1. The van der Waals surface area contributed by atoms with Gasteiger partial charge >= 0.3 is 6.18 Å². The van der Waals surface area contributed by atoms with E-state index in [0.717, 1.165) is 23.9 Å². The second-order valence-electron chi connectivity index (χ2n) is 7.23. The van der Waals surface area contributed by atoms with Gasteiger partial charge < -0.3 is 10.2 Å². The minimum atomic E-state index is -4.59. The fraction of sp³-hybridized carbons (Fsp3) is 0.688. The van der Waals surface area contributed by atoms with E-state index in [4.69, 9.17) is 0 Å². The molecule has 0 radical (unpaired) electrons. The molecular weight excluding hydrogens is 333 g/mol. The van der Waals surface area contributed by atoms with Crippen LogP contribution in [-0.2, 0) is 6.18 Å². The predicted molar refractivity (Wildman–Crippen MR) is 88.5 cm³/mol. The van der Waals surface area contributed by atoms with Gasteiger partial charge in [0.2, 0.25) is 0 Å². The van der Waals surface area contributed by atoms with E-state index in [-0.39, 0.29) is 11.2 Å². The number of aryl methyl sites for hydroxylation is 1. The molecule has 2 aromatic rings. The van der Waals surface area contributed by atoms with E-state index in [0.29, 0.717) is 18.1 Å². The van der Waals surface area contributed by atoms with Crippen LogP contribution in [-0.4, -0.2) is 51.7 Å². The van der Waals surface area contributed by atoms with Crippen molar-refractivity contribution in [3.05, 3.63) is 17.6 Å². The number of fused-ring (bicyclic) bond motifs is 1. The molecule has 3 rings (SSSR count). The lowest BCUT2D eigenvalue weighted by Crippen LogP contribution is -2.37. The number of hydrogen-bond acceptors (Lipinski definition) is 5. The first-order valence-electron chi connectivity index (χ1n) is 8.39. The normalized spacial score (nSPS) is 17.6. The summed E-state index contributed by atoms with van der Waals surface area (Å²) in [5.41, 5.74) is 0.727. The summed E-state index contributed by atoms with van der Waals surface area (Å²) in [6.45, 7) is 3.36. The van der Waals surface area contributed by atoms with Crippen LogP contribution in [0.3, 0.4) is 0 Å². The number of rotatable bonds is 5. The summed E-state index contributed by atoms with van der Waals surface area (Å²) in [5, 5.41) is 6.91. The molecule has 1 saturated carbocycles. The van der Waals surface area contributed by atoms with Crippen LogP contribution in [0.15, 0.2) is 6.07 Å². The van der Waals surface area contributed by atoms with Crippen molar-refractivity contribution < 1.29 is 13.2 Å². The molecule has 1 N–H and O–H groups in total. The van der Waals surface area contributed by atoms with Crippen molar-refractivity contribution in [2.45, 2.75) is 38.8 Å². The van der Waals surface area contributed by atoms with Gasteiger partial charge in [0.1, 0.15) is 5.82 Å². The average molecular weight is 356 g/mol. The van der Waals surface area contributed by atoms with Gasteiger partial charge in [-0.2, -0.15) is 22.7 Å². The molecule has 2 heterocycles. The van der Waals surface area contributed by atoms with Crippen molar-refractivity contribution in [1.29, 1.82) is 0 Å². The van der Waals surface area contributed by atoms with E-state index < -0.39 is 12.0 Å². The van der Waals surface area contributed by atoms with Crippen LogP contribution >= 0.6 is 0 Å². The molecule has 0 spiro atoms. The fourth-order valence-electron chi connectivity index (χ4n) is 3.70. The Morgan fingerprint density at radius 2 is 1.92 bits per heavy atom. The van der Waals surface area contributed by atoms with Crippen LogP contribution in [0.1, 0.15) is 37.2 Å². The third kappa shape index (κ3) is 3.86. The molecule has 0 bridgehead atoms. The minimum absolute atomic E-state index is 0.0390. The Morgan fingerprint density at radius 1 is 1.24 bits per heavy atom. The van der Waals surface area contributed by atoms with Crippen LogP contribution in [0, 0.1) is 12.3 Å². The Morgan fingerprint density at radius 3 is 2.52 bits per heavy atom.